The second kappa shape index (κ2) is 8.98. The lowest BCUT2D eigenvalue weighted by molar-refractivity contribution is 0.0799. The van der Waals surface area contributed by atoms with Crippen molar-refractivity contribution in [2.24, 2.45) is 13.0 Å². The lowest BCUT2D eigenvalue weighted by Gasteiger charge is -2.31. The van der Waals surface area contributed by atoms with Crippen LogP contribution in [0.4, 0.5) is 8.78 Å². The fraction of sp³-hybridized carbons (Fsp3) is 0.318. The standard InChI is InChI=1S/C22H21ClF2N4OS/c1-27-21(15-2-4-16(23)5-3-15)26-29(22(27)31)13-28-10-8-14(9-11-28)20(30)18-12-17(24)6-7-19(18)25/h2-7,12,14H,8-11,13H2,1H3. The van der Waals surface area contributed by atoms with Crippen LogP contribution in [0, 0.1) is 22.3 Å². The molecule has 0 atom stereocenters. The molecule has 1 aliphatic rings. The van der Waals surface area contributed by atoms with Gasteiger partial charge in [-0.1, -0.05) is 11.6 Å². The molecule has 1 saturated heterocycles. The molecule has 1 fully saturated rings. The van der Waals surface area contributed by atoms with Crippen molar-refractivity contribution < 1.29 is 13.6 Å². The van der Waals surface area contributed by atoms with Gasteiger partial charge in [-0.25, -0.2) is 13.5 Å². The molecule has 31 heavy (non-hydrogen) atoms. The second-order valence-electron chi connectivity index (χ2n) is 7.69. The van der Waals surface area contributed by atoms with Crippen molar-refractivity contribution in [3.8, 4) is 11.4 Å². The number of hydrogen-bond donors (Lipinski definition) is 0. The van der Waals surface area contributed by atoms with Gasteiger partial charge in [0.2, 0.25) is 0 Å². The highest BCUT2D eigenvalue weighted by atomic mass is 35.5. The number of ketones is 1. The summed E-state index contributed by atoms with van der Waals surface area (Å²) >= 11 is 11.5. The van der Waals surface area contributed by atoms with E-state index in [1.54, 1.807) is 4.68 Å². The Morgan fingerprint density at radius 3 is 2.52 bits per heavy atom. The Morgan fingerprint density at radius 2 is 1.84 bits per heavy atom. The maximum absolute atomic E-state index is 14.0. The molecule has 2 heterocycles. The molecule has 0 saturated carbocycles. The number of Topliss-reactive ketones (excluding diaryl/α,β-unsaturated/α-hetero) is 1. The molecular formula is C22H21ClF2N4OS. The van der Waals surface area contributed by atoms with E-state index >= 15 is 0 Å². The van der Waals surface area contributed by atoms with E-state index in [0.29, 0.717) is 42.4 Å². The molecule has 0 N–H and O–H groups in total. The van der Waals surface area contributed by atoms with Crippen molar-refractivity contribution in [2.45, 2.75) is 19.5 Å². The molecule has 1 aliphatic heterocycles. The van der Waals surface area contributed by atoms with Gasteiger partial charge in [0.05, 0.1) is 12.2 Å². The number of likely N-dealkylation sites (tertiary alicyclic amines) is 1. The van der Waals surface area contributed by atoms with Crippen LogP contribution < -0.4 is 0 Å². The van der Waals surface area contributed by atoms with Crippen LogP contribution in [0.15, 0.2) is 42.5 Å². The van der Waals surface area contributed by atoms with Crippen LogP contribution in [0.3, 0.4) is 0 Å². The van der Waals surface area contributed by atoms with Gasteiger partial charge < -0.3 is 4.57 Å². The van der Waals surface area contributed by atoms with E-state index in [1.807, 2.05) is 35.9 Å². The Kier molecular flexibility index (Phi) is 6.31. The smallest absolute Gasteiger partial charge is 0.199 e. The first kappa shape index (κ1) is 21.8. The van der Waals surface area contributed by atoms with Crippen LogP contribution in [0.1, 0.15) is 23.2 Å². The van der Waals surface area contributed by atoms with E-state index < -0.39 is 11.6 Å². The minimum Gasteiger partial charge on any atom is -0.303 e. The molecule has 9 heteroatoms. The summed E-state index contributed by atoms with van der Waals surface area (Å²) in [5.74, 6) is -1.20. The van der Waals surface area contributed by atoms with Gasteiger partial charge in [0.1, 0.15) is 11.6 Å². The summed E-state index contributed by atoms with van der Waals surface area (Å²) in [6.45, 7) is 1.78. The Hall–Kier alpha value is -2.42. The minimum absolute atomic E-state index is 0.169. The topological polar surface area (TPSA) is 43.1 Å². The first-order valence-electron chi connectivity index (χ1n) is 9.95. The number of aromatic nitrogens is 3. The maximum Gasteiger partial charge on any atom is 0.199 e. The minimum atomic E-state index is -0.677. The van der Waals surface area contributed by atoms with Crippen LogP contribution in [0.25, 0.3) is 11.4 Å². The Labute approximate surface area is 188 Å². The van der Waals surface area contributed by atoms with Gasteiger partial charge >= 0.3 is 0 Å². The highest BCUT2D eigenvalue weighted by molar-refractivity contribution is 7.71. The summed E-state index contributed by atoms with van der Waals surface area (Å²) in [5, 5.41) is 5.31. The molecular weight excluding hydrogens is 442 g/mol. The highest BCUT2D eigenvalue weighted by Crippen LogP contribution is 2.25. The van der Waals surface area contributed by atoms with Crippen molar-refractivity contribution in [1.82, 2.24) is 19.2 Å². The van der Waals surface area contributed by atoms with Gasteiger partial charge in [0.15, 0.2) is 16.4 Å². The summed E-state index contributed by atoms with van der Waals surface area (Å²) in [4.78, 5) is 14.8. The van der Waals surface area contributed by atoms with Crippen LogP contribution >= 0.6 is 23.8 Å². The summed E-state index contributed by atoms with van der Waals surface area (Å²) in [5.41, 5.74) is 0.746. The van der Waals surface area contributed by atoms with Crippen LogP contribution in [0.2, 0.25) is 5.02 Å². The first-order valence-corrected chi connectivity index (χ1v) is 10.7. The summed E-state index contributed by atoms with van der Waals surface area (Å²) in [6, 6.07) is 10.4. The first-order chi connectivity index (χ1) is 14.8. The maximum atomic E-state index is 14.0. The molecule has 3 aromatic rings. The van der Waals surface area contributed by atoms with Crippen molar-refractivity contribution in [1.29, 1.82) is 0 Å². The third kappa shape index (κ3) is 4.61. The van der Waals surface area contributed by atoms with Crippen molar-refractivity contribution in [2.75, 3.05) is 13.1 Å². The summed E-state index contributed by atoms with van der Waals surface area (Å²) in [7, 11) is 1.87. The number of nitrogens with zero attached hydrogens (tertiary/aromatic N) is 4. The zero-order valence-electron chi connectivity index (χ0n) is 16.9. The average Bonchev–Trinajstić information content (AvgIpc) is 3.04. The van der Waals surface area contributed by atoms with E-state index in [4.69, 9.17) is 23.8 Å². The number of piperidine rings is 1. The molecule has 0 aliphatic carbocycles. The lowest BCUT2D eigenvalue weighted by Crippen LogP contribution is -2.38. The monoisotopic (exact) mass is 462 g/mol. The number of carbonyl (C=O) groups excluding carboxylic acids is 1. The summed E-state index contributed by atoms with van der Waals surface area (Å²) < 4.78 is 31.6. The van der Waals surface area contributed by atoms with Gasteiger partial charge in [0.25, 0.3) is 0 Å². The Balaban J connectivity index is 1.43. The third-order valence-corrected chi connectivity index (χ3v) is 6.37. The third-order valence-electron chi connectivity index (χ3n) is 5.63. The molecule has 2 aromatic carbocycles. The van der Waals surface area contributed by atoms with Gasteiger partial charge in [-0.2, -0.15) is 5.10 Å². The summed E-state index contributed by atoms with van der Waals surface area (Å²) in [6.07, 6.45) is 1.14. The fourth-order valence-electron chi connectivity index (χ4n) is 3.86. The predicted molar refractivity (Wildman–Crippen MR) is 117 cm³/mol. The number of halogens is 3. The molecule has 162 valence electrons. The normalized spacial score (nSPS) is 15.4. The van der Waals surface area contributed by atoms with Gasteiger partial charge in [-0.05, 0) is 67.5 Å². The van der Waals surface area contributed by atoms with E-state index in [0.717, 1.165) is 29.6 Å². The zero-order chi connectivity index (χ0) is 22.1. The highest BCUT2D eigenvalue weighted by Gasteiger charge is 2.28. The predicted octanol–water partition coefficient (Wildman–Crippen LogP) is 5.10. The molecule has 5 nitrogen and oxygen atoms in total. The van der Waals surface area contributed by atoms with E-state index in [2.05, 4.69) is 10.00 Å². The van der Waals surface area contributed by atoms with E-state index in [1.165, 1.54) is 0 Å². The molecule has 0 unspecified atom stereocenters. The molecule has 0 bridgehead atoms. The van der Waals surface area contributed by atoms with Crippen LogP contribution in [-0.4, -0.2) is 38.1 Å². The molecule has 0 spiro atoms. The average molecular weight is 463 g/mol. The zero-order valence-corrected chi connectivity index (χ0v) is 18.5. The van der Waals surface area contributed by atoms with Crippen LogP contribution in [0.5, 0.6) is 0 Å². The lowest BCUT2D eigenvalue weighted by atomic mass is 9.89. The largest absolute Gasteiger partial charge is 0.303 e. The number of carbonyl (C=O) groups is 1. The molecule has 1 aromatic heterocycles. The second-order valence-corrected chi connectivity index (χ2v) is 8.50. The molecule has 4 rings (SSSR count). The van der Waals surface area contributed by atoms with Crippen molar-refractivity contribution >= 4 is 29.6 Å². The number of benzene rings is 2. The molecule has 0 radical (unpaired) electrons. The molecule has 0 amide bonds. The van der Waals surface area contributed by atoms with Crippen molar-refractivity contribution in [3.63, 3.8) is 0 Å². The Bertz CT molecular complexity index is 1170. The van der Waals surface area contributed by atoms with Gasteiger partial charge in [-0.3, -0.25) is 9.69 Å². The van der Waals surface area contributed by atoms with Gasteiger partial charge in [0, 0.05) is 36.6 Å². The van der Waals surface area contributed by atoms with E-state index in [-0.39, 0.29) is 17.3 Å². The van der Waals surface area contributed by atoms with E-state index in [9.17, 15) is 13.6 Å². The SMILES string of the molecule is Cn1c(-c2ccc(Cl)cc2)nn(CN2CCC(C(=O)c3cc(F)ccc3F)CC2)c1=S. The van der Waals surface area contributed by atoms with Crippen molar-refractivity contribution in [3.05, 3.63) is 69.5 Å². The Morgan fingerprint density at radius 1 is 1.16 bits per heavy atom. The fourth-order valence-corrected chi connectivity index (χ4v) is 4.17. The number of hydrogen-bond acceptors (Lipinski definition) is 4. The quantitative estimate of drug-likeness (QED) is 0.390. The number of rotatable bonds is 5. The van der Waals surface area contributed by atoms with Crippen LogP contribution in [-0.2, 0) is 13.7 Å². The van der Waals surface area contributed by atoms with Gasteiger partial charge in [-0.15, -0.1) is 0 Å².